The molecule has 1 unspecified atom stereocenters. The van der Waals surface area contributed by atoms with Crippen molar-refractivity contribution in [2.24, 2.45) is 5.92 Å². The summed E-state index contributed by atoms with van der Waals surface area (Å²) in [4.78, 5) is -0.0397. The monoisotopic (exact) mass is 322 g/mol. The highest BCUT2D eigenvalue weighted by Gasteiger charge is 2.23. The molecule has 0 spiro atoms. The molecule has 106 valence electrons. The van der Waals surface area contributed by atoms with Gasteiger partial charge in [-0.05, 0) is 44.0 Å². The van der Waals surface area contributed by atoms with Crippen LogP contribution in [-0.4, -0.2) is 28.1 Å². The van der Waals surface area contributed by atoms with Crippen LogP contribution in [0.3, 0.4) is 0 Å². The van der Waals surface area contributed by atoms with Gasteiger partial charge in [0.1, 0.15) is 4.90 Å². The van der Waals surface area contributed by atoms with Crippen molar-refractivity contribution in [2.75, 3.05) is 19.6 Å². The fourth-order valence-corrected chi connectivity index (χ4v) is 4.39. The lowest BCUT2D eigenvalue weighted by Gasteiger charge is -2.23. The van der Waals surface area contributed by atoms with E-state index in [1.54, 1.807) is 6.07 Å². The number of halogens is 2. The molecular formula is C12H16Cl2N2O2S. The molecule has 1 aromatic rings. The molecule has 0 aliphatic carbocycles. The Morgan fingerprint density at radius 2 is 2.00 bits per heavy atom. The highest BCUT2D eigenvalue weighted by atomic mass is 35.5. The van der Waals surface area contributed by atoms with E-state index in [9.17, 15) is 8.42 Å². The number of hydrogen-bond acceptors (Lipinski definition) is 3. The Morgan fingerprint density at radius 1 is 1.32 bits per heavy atom. The summed E-state index contributed by atoms with van der Waals surface area (Å²) in [5, 5.41) is 3.53. The van der Waals surface area contributed by atoms with E-state index in [1.165, 1.54) is 12.1 Å². The van der Waals surface area contributed by atoms with E-state index >= 15 is 0 Å². The smallest absolute Gasteiger partial charge is 0.243 e. The van der Waals surface area contributed by atoms with Gasteiger partial charge in [-0.3, -0.25) is 0 Å². The Bertz CT molecular complexity index is 522. The van der Waals surface area contributed by atoms with Gasteiger partial charge in [0.25, 0.3) is 0 Å². The Hall–Kier alpha value is -0.330. The fraction of sp³-hybridized carbons (Fsp3) is 0.500. The molecule has 0 radical (unpaired) electrons. The number of rotatable bonds is 4. The predicted molar refractivity (Wildman–Crippen MR) is 77.2 cm³/mol. The molecule has 4 nitrogen and oxygen atoms in total. The van der Waals surface area contributed by atoms with Crippen LogP contribution in [0.4, 0.5) is 0 Å². The number of piperidine rings is 1. The molecule has 1 aliphatic heterocycles. The van der Waals surface area contributed by atoms with Crippen LogP contribution < -0.4 is 10.0 Å². The van der Waals surface area contributed by atoms with E-state index in [0.717, 1.165) is 25.9 Å². The Kier molecular flexibility index (Phi) is 5.09. The molecule has 2 rings (SSSR count). The molecular weight excluding hydrogens is 307 g/mol. The van der Waals surface area contributed by atoms with E-state index in [1.807, 2.05) is 0 Å². The minimum Gasteiger partial charge on any atom is -0.316 e. The first-order chi connectivity index (χ1) is 9.00. The number of hydrogen-bond donors (Lipinski definition) is 2. The zero-order chi connectivity index (χ0) is 13.9. The fourth-order valence-electron chi connectivity index (χ4n) is 2.14. The van der Waals surface area contributed by atoms with Crippen LogP contribution in [-0.2, 0) is 10.0 Å². The van der Waals surface area contributed by atoms with Crippen molar-refractivity contribution >= 4 is 33.2 Å². The minimum atomic E-state index is -3.66. The van der Waals surface area contributed by atoms with E-state index < -0.39 is 10.0 Å². The van der Waals surface area contributed by atoms with Crippen molar-refractivity contribution in [1.29, 1.82) is 0 Å². The average molecular weight is 323 g/mol. The maximum atomic E-state index is 12.2. The maximum Gasteiger partial charge on any atom is 0.243 e. The quantitative estimate of drug-likeness (QED) is 0.894. The Labute approximate surface area is 123 Å². The van der Waals surface area contributed by atoms with Gasteiger partial charge in [-0.25, -0.2) is 13.1 Å². The van der Waals surface area contributed by atoms with Crippen LogP contribution >= 0.6 is 23.2 Å². The van der Waals surface area contributed by atoms with Crippen molar-refractivity contribution in [1.82, 2.24) is 10.0 Å². The molecule has 0 aromatic heterocycles. The van der Waals surface area contributed by atoms with Gasteiger partial charge in [0.05, 0.1) is 10.0 Å². The lowest BCUT2D eigenvalue weighted by molar-refractivity contribution is 0.376. The lowest BCUT2D eigenvalue weighted by atomic mass is 10.0. The Balaban J connectivity index is 2.09. The molecule has 19 heavy (non-hydrogen) atoms. The van der Waals surface area contributed by atoms with Crippen LogP contribution in [0.15, 0.2) is 23.1 Å². The van der Waals surface area contributed by atoms with Crippen LogP contribution in [0.2, 0.25) is 10.0 Å². The number of benzene rings is 1. The molecule has 1 aliphatic rings. The van der Waals surface area contributed by atoms with Gasteiger partial charge in [-0.1, -0.05) is 29.3 Å². The molecule has 1 atom stereocenters. The van der Waals surface area contributed by atoms with Crippen molar-refractivity contribution in [3.63, 3.8) is 0 Å². The molecule has 2 N–H and O–H groups in total. The number of nitrogens with one attached hydrogen (secondary N) is 2. The molecule has 1 saturated heterocycles. The van der Waals surface area contributed by atoms with Crippen LogP contribution in [0.25, 0.3) is 0 Å². The second kappa shape index (κ2) is 6.41. The first kappa shape index (κ1) is 15.1. The van der Waals surface area contributed by atoms with E-state index in [-0.39, 0.29) is 14.9 Å². The molecule has 0 bridgehead atoms. The third-order valence-corrected chi connectivity index (χ3v) is 5.53. The summed E-state index contributed by atoms with van der Waals surface area (Å²) in [6.07, 6.45) is 2.09. The molecule has 0 amide bonds. The lowest BCUT2D eigenvalue weighted by Crippen LogP contribution is -2.38. The van der Waals surface area contributed by atoms with Crippen LogP contribution in [0, 0.1) is 5.92 Å². The summed E-state index contributed by atoms with van der Waals surface area (Å²) in [6, 6.07) is 4.66. The summed E-state index contributed by atoms with van der Waals surface area (Å²) < 4.78 is 27.0. The molecule has 1 aromatic carbocycles. The standard InChI is InChI=1S/C12H16Cl2N2O2S/c13-10-4-1-5-11(14)12(10)19(17,18)16-8-9-3-2-6-15-7-9/h1,4-5,9,15-16H,2-3,6-8H2. The van der Waals surface area contributed by atoms with Crippen LogP contribution in [0.1, 0.15) is 12.8 Å². The van der Waals surface area contributed by atoms with Gasteiger partial charge in [0.15, 0.2) is 0 Å². The van der Waals surface area contributed by atoms with Crippen molar-refractivity contribution in [2.45, 2.75) is 17.7 Å². The van der Waals surface area contributed by atoms with E-state index in [2.05, 4.69) is 10.0 Å². The van der Waals surface area contributed by atoms with Gasteiger partial charge in [0, 0.05) is 6.54 Å². The summed E-state index contributed by atoms with van der Waals surface area (Å²) in [5.41, 5.74) is 0. The average Bonchev–Trinajstić information content (AvgIpc) is 2.37. The molecule has 0 saturated carbocycles. The third kappa shape index (κ3) is 3.83. The topological polar surface area (TPSA) is 58.2 Å². The van der Waals surface area contributed by atoms with Gasteiger partial charge in [-0.2, -0.15) is 0 Å². The third-order valence-electron chi connectivity index (χ3n) is 3.15. The van der Waals surface area contributed by atoms with Crippen molar-refractivity contribution in [3.05, 3.63) is 28.2 Å². The largest absolute Gasteiger partial charge is 0.316 e. The normalized spacial score (nSPS) is 20.4. The summed E-state index contributed by atoms with van der Waals surface area (Å²) in [7, 11) is -3.66. The molecule has 1 fully saturated rings. The minimum absolute atomic E-state index is 0.0397. The first-order valence-electron chi connectivity index (χ1n) is 6.15. The summed E-state index contributed by atoms with van der Waals surface area (Å²) >= 11 is 11.8. The maximum absolute atomic E-state index is 12.2. The van der Waals surface area contributed by atoms with E-state index in [4.69, 9.17) is 23.2 Å². The highest BCUT2D eigenvalue weighted by molar-refractivity contribution is 7.89. The summed E-state index contributed by atoms with van der Waals surface area (Å²) in [6.45, 7) is 2.23. The van der Waals surface area contributed by atoms with Crippen molar-refractivity contribution in [3.8, 4) is 0 Å². The molecule has 7 heteroatoms. The van der Waals surface area contributed by atoms with Gasteiger partial charge in [0.2, 0.25) is 10.0 Å². The van der Waals surface area contributed by atoms with Gasteiger partial charge < -0.3 is 5.32 Å². The highest BCUT2D eigenvalue weighted by Crippen LogP contribution is 2.28. The second-order valence-electron chi connectivity index (χ2n) is 4.62. The number of sulfonamides is 1. The predicted octanol–water partition coefficient (Wildman–Crippen LogP) is 2.27. The Morgan fingerprint density at radius 3 is 2.58 bits per heavy atom. The van der Waals surface area contributed by atoms with E-state index in [0.29, 0.717) is 12.5 Å². The van der Waals surface area contributed by atoms with Crippen molar-refractivity contribution < 1.29 is 8.42 Å². The summed E-state index contributed by atoms with van der Waals surface area (Å²) in [5.74, 6) is 0.310. The van der Waals surface area contributed by atoms with Gasteiger partial charge >= 0.3 is 0 Å². The van der Waals surface area contributed by atoms with Crippen LogP contribution in [0.5, 0.6) is 0 Å². The SMILES string of the molecule is O=S(=O)(NCC1CCCNC1)c1c(Cl)cccc1Cl. The zero-order valence-electron chi connectivity index (χ0n) is 10.3. The molecule has 1 heterocycles. The second-order valence-corrected chi connectivity index (χ2v) is 7.13. The zero-order valence-corrected chi connectivity index (χ0v) is 12.7. The van der Waals surface area contributed by atoms with Gasteiger partial charge in [-0.15, -0.1) is 0 Å². The first-order valence-corrected chi connectivity index (χ1v) is 8.39.